The lowest BCUT2D eigenvalue weighted by Crippen LogP contribution is -2.40. The maximum Gasteiger partial charge on any atom is 0.150 e. The molecule has 2 fully saturated rings. The van der Waals surface area contributed by atoms with E-state index in [4.69, 9.17) is 15.5 Å². The molecule has 0 spiro atoms. The monoisotopic (exact) mass is 492 g/mol. The van der Waals surface area contributed by atoms with Crippen LogP contribution in [-0.2, 0) is 4.74 Å². The standard InChI is InChI=1S/C21H15N5.C9H17NO/c22-21-20-19(24-13-26(20)11-10-23-21)16-7-6-15-8-9-17(25-18(15)12-16)14-4-2-1-3-5-14;1-2-9(3-1)8-10-4-6-11-7-5-10/h1-13H,(H2,22,23);9H,1-8H2. The number of nitrogens with zero attached hydrogens (tertiary/aromatic N) is 5. The van der Waals surface area contributed by atoms with Crippen molar-refractivity contribution in [3.8, 4) is 22.5 Å². The highest BCUT2D eigenvalue weighted by molar-refractivity contribution is 5.91. The number of hydrogen-bond donors (Lipinski definition) is 1. The first kappa shape index (κ1) is 23.6. The largest absolute Gasteiger partial charge is 0.382 e. The molecule has 1 saturated heterocycles. The summed E-state index contributed by atoms with van der Waals surface area (Å²) in [5, 5.41) is 1.09. The third-order valence-electron chi connectivity index (χ3n) is 7.36. The lowest BCUT2D eigenvalue weighted by atomic mass is 9.85. The lowest BCUT2D eigenvalue weighted by molar-refractivity contribution is 0.0241. The van der Waals surface area contributed by atoms with E-state index in [2.05, 4.69) is 45.2 Å². The van der Waals surface area contributed by atoms with E-state index in [1.807, 2.05) is 40.9 Å². The highest BCUT2D eigenvalue weighted by atomic mass is 16.5. The zero-order valence-corrected chi connectivity index (χ0v) is 21.0. The second kappa shape index (κ2) is 10.7. The van der Waals surface area contributed by atoms with Gasteiger partial charge in [-0.1, -0.05) is 55.0 Å². The number of imidazole rings is 1. The molecule has 0 amide bonds. The summed E-state index contributed by atoms with van der Waals surface area (Å²) in [5.41, 5.74) is 11.6. The Bertz CT molecular complexity index is 1490. The van der Waals surface area contributed by atoms with Gasteiger partial charge in [0.05, 0.1) is 30.1 Å². The summed E-state index contributed by atoms with van der Waals surface area (Å²) in [6, 6.07) is 20.5. The molecule has 1 aliphatic heterocycles. The van der Waals surface area contributed by atoms with Gasteiger partial charge in [0.2, 0.25) is 0 Å². The van der Waals surface area contributed by atoms with E-state index in [9.17, 15) is 0 Å². The molecule has 4 heterocycles. The van der Waals surface area contributed by atoms with Crippen molar-refractivity contribution >= 4 is 22.2 Å². The maximum absolute atomic E-state index is 6.06. The summed E-state index contributed by atoms with van der Waals surface area (Å²) in [5.74, 6) is 1.49. The minimum Gasteiger partial charge on any atom is -0.382 e. The molecule has 5 aromatic rings. The SMILES string of the molecule is C1CC(CN2CCOCC2)C1.Nc1nccn2cnc(-c3ccc4ccc(-c5ccccc5)nc4c3)c12. The molecule has 0 unspecified atom stereocenters. The van der Waals surface area contributed by atoms with Gasteiger partial charge in [-0.15, -0.1) is 0 Å². The number of anilines is 1. The molecule has 2 aliphatic rings. The Morgan fingerprint density at radius 1 is 0.919 bits per heavy atom. The summed E-state index contributed by atoms with van der Waals surface area (Å²) < 4.78 is 7.18. The number of ether oxygens (including phenoxy) is 1. The number of hydrogen-bond acceptors (Lipinski definition) is 6. The van der Waals surface area contributed by atoms with E-state index < -0.39 is 0 Å². The van der Waals surface area contributed by atoms with Crippen molar-refractivity contribution in [3.63, 3.8) is 0 Å². The summed E-state index contributed by atoms with van der Waals surface area (Å²) in [6.07, 6.45) is 9.67. The van der Waals surface area contributed by atoms with Gasteiger partial charge in [0.15, 0.2) is 0 Å². The Balaban J connectivity index is 0.000000191. The highest BCUT2D eigenvalue weighted by Gasteiger charge is 2.21. The van der Waals surface area contributed by atoms with Crippen LogP contribution in [0.25, 0.3) is 38.9 Å². The van der Waals surface area contributed by atoms with Crippen LogP contribution in [-0.4, -0.2) is 57.1 Å². The van der Waals surface area contributed by atoms with Crippen LogP contribution in [0.15, 0.2) is 79.4 Å². The van der Waals surface area contributed by atoms with Crippen LogP contribution < -0.4 is 5.73 Å². The van der Waals surface area contributed by atoms with Gasteiger partial charge in [0.25, 0.3) is 0 Å². The first-order valence-electron chi connectivity index (χ1n) is 13.1. The van der Waals surface area contributed by atoms with Gasteiger partial charge in [-0.25, -0.2) is 15.0 Å². The van der Waals surface area contributed by atoms with E-state index in [1.165, 1.54) is 25.8 Å². The number of benzene rings is 2. The predicted molar refractivity (Wildman–Crippen MR) is 148 cm³/mol. The van der Waals surface area contributed by atoms with Crippen molar-refractivity contribution in [1.82, 2.24) is 24.3 Å². The van der Waals surface area contributed by atoms with Gasteiger partial charge in [-0.2, -0.15) is 0 Å². The molecule has 2 N–H and O–H groups in total. The maximum atomic E-state index is 6.06. The number of pyridine rings is 1. The second-order valence-corrected chi connectivity index (χ2v) is 9.84. The Morgan fingerprint density at radius 2 is 1.73 bits per heavy atom. The van der Waals surface area contributed by atoms with Crippen LogP contribution in [0.1, 0.15) is 19.3 Å². The first-order chi connectivity index (χ1) is 18.2. The molecular formula is C30H32N6O. The Labute approximate surface area is 216 Å². The summed E-state index contributed by atoms with van der Waals surface area (Å²) >= 11 is 0. The Morgan fingerprint density at radius 3 is 2.51 bits per heavy atom. The minimum absolute atomic E-state index is 0.464. The van der Waals surface area contributed by atoms with E-state index in [-0.39, 0.29) is 0 Å². The molecule has 7 rings (SSSR count). The molecule has 0 bridgehead atoms. The molecule has 7 heteroatoms. The molecule has 3 aromatic heterocycles. The van der Waals surface area contributed by atoms with Crippen LogP contribution in [0, 0.1) is 5.92 Å². The van der Waals surface area contributed by atoms with Crippen molar-refractivity contribution < 1.29 is 4.74 Å². The van der Waals surface area contributed by atoms with Crippen molar-refractivity contribution in [1.29, 1.82) is 0 Å². The lowest BCUT2D eigenvalue weighted by Gasteiger charge is -2.34. The van der Waals surface area contributed by atoms with Gasteiger partial charge in [-0.3, -0.25) is 4.90 Å². The van der Waals surface area contributed by atoms with Gasteiger partial charge >= 0.3 is 0 Å². The molecule has 37 heavy (non-hydrogen) atoms. The Kier molecular flexibility index (Phi) is 6.80. The van der Waals surface area contributed by atoms with Crippen molar-refractivity contribution in [2.24, 2.45) is 5.92 Å². The van der Waals surface area contributed by atoms with E-state index in [0.717, 1.165) is 71.2 Å². The second-order valence-electron chi connectivity index (χ2n) is 9.84. The fraction of sp³-hybridized carbons (Fsp3) is 0.300. The molecule has 0 radical (unpaired) electrons. The fourth-order valence-electron chi connectivity index (χ4n) is 5.04. The first-order valence-corrected chi connectivity index (χ1v) is 13.1. The zero-order chi connectivity index (χ0) is 25.0. The topological polar surface area (TPSA) is 81.6 Å². The van der Waals surface area contributed by atoms with E-state index in [1.54, 1.807) is 12.5 Å². The molecule has 188 valence electrons. The molecule has 1 saturated carbocycles. The Hall–Kier alpha value is -3.81. The van der Waals surface area contributed by atoms with Crippen LogP contribution in [0.5, 0.6) is 0 Å². The third kappa shape index (κ3) is 5.19. The van der Waals surface area contributed by atoms with Crippen molar-refractivity contribution in [3.05, 3.63) is 79.4 Å². The molecular weight excluding hydrogens is 460 g/mol. The number of fused-ring (bicyclic) bond motifs is 2. The van der Waals surface area contributed by atoms with Crippen LogP contribution in [0.2, 0.25) is 0 Å². The number of nitrogen functional groups attached to an aromatic ring is 1. The quantitative estimate of drug-likeness (QED) is 0.366. The predicted octanol–water partition coefficient (Wildman–Crippen LogP) is 5.31. The summed E-state index contributed by atoms with van der Waals surface area (Å²) in [4.78, 5) is 16.1. The number of aromatic nitrogens is 4. The fourth-order valence-corrected chi connectivity index (χ4v) is 5.04. The number of nitrogens with two attached hydrogens (primary N) is 1. The van der Waals surface area contributed by atoms with Gasteiger partial charge in [-0.05, 0) is 30.9 Å². The van der Waals surface area contributed by atoms with Crippen LogP contribution in [0.3, 0.4) is 0 Å². The zero-order valence-electron chi connectivity index (χ0n) is 21.0. The smallest absolute Gasteiger partial charge is 0.150 e. The van der Waals surface area contributed by atoms with Crippen LogP contribution >= 0.6 is 0 Å². The minimum atomic E-state index is 0.464. The van der Waals surface area contributed by atoms with E-state index in [0.29, 0.717) is 5.82 Å². The molecule has 0 atom stereocenters. The molecule has 2 aromatic carbocycles. The summed E-state index contributed by atoms with van der Waals surface area (Å²) in [7, 11) is 0. The van der Waals surface area contributed by atoms with E-state index >= 15 is 0 Å². The average Bonchev–Trinajstić information content (AvgIpc) is 3.37. The van der Waals surface area contributed by atoms with Gasteiger partial charge < -0.3 is 14.9 Å². The summed E-state index contributed by atoms with van der Waals surface area (Å²) in [6.45, 7) is 5.57. The van der Waals surface area contributed by atoms with Crippen molar-refractivity contribution in [2.75, 3.05) is 38.6 Å². The highest BCUT2D eigenvalue weighted by Crippen LogP contribution is 2.30. The average molecular weight is 493 g/mol. The third-order valence-corrected chi connectivity index (χ3v) is 7.36. The van der Waals surface area contributed by atoms with Crippen LogP contribution in [0.4, 0.5) is 5.82 Å². The molecule has 7 nitrogen and oxygen atoms in total. The number of morpholine rings is 1. The normalized spacial score (nSPS) is 16.3. The van der Waals surface area contributed by atoms with Gasteiger partial charge in [0.1, 0.15) is 17.7 Å². The van der Waals surface area contributed by atoms with Gasteiger partial charge in [0, 0.05) is 48.5 Å². The van der Waals surface area contributed by atoms with Crippen molar-refractivity contribution in [2.45, 2.75) is 19.3 Å². The number of rotatable bonds is 4. The molecule has 1 aliphatic carbocycles.